The summed E-state index contributed by atoms with van der Waals surface area (Å²) in [6, 6.07) is 2.61. The number of ether oxygens (including phenoxy) is 1. The van der Waals surface area contributed by atoms with Crippen molar-refractivity contribution >= 4 is 17.4 Å². The first-order chi connectivity index (χ1) is 15.4. The van der Waals surface area contributed by atoms with Crippen LogP contribution < -0.4 is 5.32 Å². The van der Waals surface area contributed by atoms with E-state index in [1.165, 1.54) is 25.3 Å². The topological polar surface area (TPSA) is 77.2 Å². The molecule has 1 aliphatic heterocycles. The molecule has 3 aromatic rings. The molecule has 2 aromatic heterocycles. The number of halogens is 2. The summed E-state index contributed by atoms with van der Waals surface area (Å²) in [5.74, 6) is -1.15. The maximum atomic E-state index is 15.4. The Balaban J connectivity index is 1.72. The molecule has 1 aliphatic rings. The average molecular weight is 444 g/mol. The Bertz CT molecular complexity index is 1140. The van der Waals surface area contributed by atoms with Gasteiger partial charge in [0.1, 0.15) is 11.5 Å². The number of amides is 1. The molecule has 0 spiro atoms. The van der Waals surface area contributed by atoms with Crippen molar-refractivity contribution in [3.63, 3.8) is 0 Å². The van der Waals surface area contributed by atoms with Crippen LogP contribution in [-0.2, 0) is 36.1 Å². The lowest BCUT2D eigenvalue weighted by molar-refractivity contribution is -0.129. The molecule has 1 amide bonds. The Hall–Kier alpha value is -3.27. The van der Waals surface area contributed by atoms with Crippen LogP contribution in [-0.4, -0.2) is 50.6 Å². The molecule has 10 heteroatoms. The molecule has 0 saturated carbocycles. The van der Waals surface area contributed by atoms with Crippen LogP contribution in [0.1, 0.15) is 24.6 Å². The van der Waals surface area contributed by atoms with Crippen LogP contribution in [0.3, 0.4) is 0 Å². The van der Waals surface area contributed by atoms with Gasteiger partial charge in [0, 0.05) is 75.8 Å². The fraction of sp³-hybridized carbons (Fsp3) is 0.409. The Kier molecular flexibility index (Phi) is 6.22. The van der Waals surface area contributed by atoms with E-state index in [2.05, 4.69) is 15.5 Å². The van der Waals surface area contributed by atoms with E-state index >= 15 is 4.39 Å². The number of anilines is 2. The van der Waals surface area contributed by atoms with Gasteiger partial charge in [0.25, 0.3) is 0 Å². The van der Waals surface area contributed by atoms with Crippen LogP contribution in [0, 0.1) is 11.6 Å². The first-order valence-corrected chi connectivity index (χ1v) is 10.5. The molecular formula is C22H26F2N6O2. The van der Waals surface area contributed by atoms with E-state index in [4.69, 9.17) is 4.74 Å². The van der Waals surface area contributed by atoms with Gasteiger partial charge in [-0.3, -0.25) is 14.2 Å². The fourth-order valence-corrected chi connectivity index (χ4v) is 3.97. The predicted octanol–water partition coefficient (Wildman–Crippen LogP) is 3.25. The monoisotopic (exact) mass is 444 g/mol. The van der Waals surface area contributed by atoms with E-state index in [1.807, 2.05) is 4.68 Å². The van der Waals surface area contributed by atoms with Gasteiger partial charge in [-0.25, -0.2) is 8.78 Å². The van der Waals surface area contributed by atoms with E-state index in [1.54, 1.807) is 29.9 Å². The minimum absolute atomic E-state index is 0.0512. The average Bonchev–Trinajstić information content (AvgIpc) is 3.34. The second kappa shape index (κ2) is 9.07. The van der Waals surface area contributed by atoms with E-state index in [0.29, 0.717) is 44.0 Å². The summed E-state index contributed by atoms with van der Waals surface area (Å²) in [5, 5.41) is 11.5. The van der Waals surface area contributed by atoms with Gasteiger partial charge in [-0.1, -0.05) is 0 Å². The quantitative estimate of drug-likeness (QED) is 0.566. The van der Waals surface area contributed by atoms with Crippen LogP contribution in [0.4, 0.5) is 20.3 Å². The SMILES string of the molecule is COCCCn1nc(Nc2c(F)ccc(-c3cnn(C)c3)c2F)c2c1CCN(C(C)=O)C2. The molecule has 8 nitrogen and oxygen atoms in total. The number of hydrogen-bond donors (Lipinski definition) is 1. The summed E-state index contributed by atoms with van der Waals surface area (Å²) < 4.78 is 38.6. The number of fused-ring (bicyclic) bond motifs is 1. The molecular weight excluding hydrogens is 418 g/mol. The molecule has 0 atom stereocenters. The van der Waals surface area contributed by atoms with Crippen LogP contribution in [0.5, 0.6) is 0 Å². The molecule has 0 fully saturated rings. The van der Waals surface area contributed by atoms with E-state index in [-0.39, 0.29) is 17.2 Å². The summed E-state index contributed by atoms with van der Waals surface area (Å²) in [6.45, 7) is 3.61. The summed E-state index contributed by atoms with van der Waals surface area (Å²) in [5.41, 5.74) is 2.24. The van der Waals surface area contributed by atoms with Crippen LogP contribution in [0.2, 0.25) is 0 Å². The van der Waals surface area contributed by atoms with Gasteiger partial charge >= 0.3 is 0 Å². The second-order valence-electron chi connectivity index (χ2n) is 7.85. The molecule has 0 saturated heterocycles. The van der Waals surface area contributed by atoms with Gasteiger partial charge in [-0.2, -0.15) is 10.2 Å². The normalized spacial score (nSPS) is 13.3. The molecule has 1 N–H and O–H groups in total. The molecule has 0 radical (unpaired) electrons. The smallest absolute Gasteiger partial charge is 0.219 e. The number of rotatable bonds is 7. The summed E-state index contributed by atoms with van der Waals surface area (Å²) in [4.78, 5) is 13.6. The Labute approximate surface area is 184 Å². The lowest BCUT2D eigenvalue weighted by Gasteiger charge is -2.27. The minimum atomic E-state index is -0.725. The zero-order valence-corrected chi connectivity index (χ0v) is 18.4. The van der Waals surface area contributed by atoms with Crippen LogP contribution >= 0.6 is 0 Å². The minimum Gasteiger partial charge on any atom is -0.385 e. The zero-order valence-electron chi connectivity index (χ0n) is 18.4. The molecule has 3 heterocycles. The van der Waals surface area contributed by atoms with Crippen molar-refractivity contribution in [2.75, 3.05) is 25.6 Å². The number of methoxy groups -OCH3 is 1. The van der Waals surface area contributed by atoms with E-state index < -0.39 is 11.6 Å². The molecule has 1 aromatic carbocycles. The third-order valence-corrected chi connectivity index (χ3v) is 5.65. The van der Waals surface area contributed by atoms with Gasteiger partial charge in [0.15, 0.2) is 11.6 Å². The first-order valence-electron chi connectivity index (χ1n) is 10.5. The maximum absolute atomic E-state index is 15.4. The highest BCUT2D eigenvalue weighted by Crippen LogP contribution is 2.34. The summed E-state index contributed by atoms with van der Waals surface area (Å²) in [6.07, 6.45) is 4.56. The molecule has 32 heavy (non-hydrogen) atoms. The standard InChI is InChI=1S/C22H26F2N6O2/c1-14(31)29-9-7-19-17(13-29)22(27-30(19)8-4-10-32-3)26-21-18(23)6-5-16(20(21)24)15-11-25-28(2)12-15/h5-6,11-12H,4,7-10,13H2,1-3H3,(H,26,27). The Morgan fingerprint density at radius 3 is 2.81 bits per heavy atom. The van der Waals surface area contributed by atoms with Crippen molar-refractivity contribution in [3.8, 4) is 11.1 Å². The maximum Gasteiger partial charge on any atom is 0.219 e. The highest BCUT2D eigenvalue weighted by Gasteiger charge is 2.27. The van der Waals surface area contributed by atoms with Gasteiger partial charge in [-0.05, 0) is 18.6 Å². The summed E-state index contributed by atoms with van der Waals surface area (Å²) in [7, 11) is 3.37. The van der Waals surface area contributed by atoms with E-state index in [0.717, 1.165) is 17.7 Å². The zero-order chi connectivity index (χ0) is 22.8. The van der Waals surface area contributed by atoms with Crippen LogP contribution in [0.25, 0.3) is 11.1 Å². The highest BCUT2D eigenvalue weighted by atomic mass is 19.1. The van der Waals surface area contributed by atoms with Gasteiger partial charge < -0.3 is 15.0 Å². The number of aryl methyl sites for hydroxylation is 2. The Morgan fingerprint density at radius 2 is 2.12 bits per heavy atom. The molecule has 4 rings (SSSR count). The fourth-order valence-electron chi connectivity index (χ4n) is 3.97. The number of carbonyl (C=O) groups is 1. The number of hydrogen-bond acceptors (Lipinski definition) is 5. The van der Waals surface area contributed by atoms with Gasteiger partial charge in [-0.15, -0.1) is 0 Å². The highest BCUT2D eigenvalue weighted by molar-refractivity contribution is 5.75. The van der Waals surface area contributed by atoms with Crippen molar-refractivity contribution in [1.29, 1.82) is 0 Å². The number of carbonyl (C=O) groups excluding carboxylic acids is 1. The third-order valence-electron chi connectivity index (χ3n) is 5.65. The molecule has 170 valence electrons. The second-order valence-corrected chi connectivity index (χ2v) is 7.85. The molecule has 0 aliphatic carbocycles. The van der Waals surface area contributed by atoms with Crippen molar-refractivity contribution in [2.24, 2.45) is 7.05 Å². The summed E-state index contributed by atoms with van der Waals surface area (Å²) >= 11 is 0. The number of aromatic nitrogens is 4. The number of nitrogens with one attached hydrogen (secondary N) is 1. The van der Waals surface area contributed by atoms with Crippen molar-refractivity contribution in [2.45, 2.75) is 32.9 Å². The van der Waals surface area contributed by atoms with E-state index in [9.17, 15) is 9.18 Å². The largest absolute Gasteiger partial charge is 0.385 e. The van der Waals surface area contributed by atoms with Crippen molar-refractivity contribution < 1.29 is 18.3 Å². The first kappa shape index (κ1) is 21.9. The Morgan fingerprint density at radius 1 is 1.31 bits per heavy atom. The molecule has 0 unspecified atom stereocenters. The van der Waals surface area contributed by atoms with Crippen molar-refractivity contribution in [3.05, 3.63) is 47.4 Å². The van der Waals surface area contributed by atoms with Gasteiger partial charge in [0.2, 0.25) is 5.91 Å². The number of nitrogens with zero attached hydrogens (tertiary/aromatic N) is 5. The number of benzene rings is 1. The predicted molar refractivity (Wildman–Crippen MR) is 115 cm³/mol. The third kappa shape index (κ3) is 4.22. The lowest BCUT2D eigenvalue weighted by atomic mass is 10.1. The lowest BCUT2D eigenvalue weighted by Crippen LogP contribution is -2.34. The van der Waals surface area contributed by atoms with Crippen LogP contribution in [0.15, 0.2) is 24.5 Å². The van der Waals surface area contributed by atoms with Gasteiger partial charge in [0.05, 0.1) is 12.7 Å². The molecule has 0 bridgehead atoms. The van der Waals surface area contributed by atoms with Crippen molar-refractivity contribution in [1.82, 2.24) is 24.5 Å².